The van der Waals surface area contributed by atoms with Crippen molar-refractivity contribution in [2.24, 2.45) is 5.73 Å². The molecule has 0 saturated carbocycles. The van der Waals surface area contributed by atoms with E-state index in [1.165, 1.54) is 4.90 Å². The van der Waals surface area contributed by atoms with E-state index < -0.39 is 30.0 Å². The molecule has 1 saturated heterocycles. The fourth-order valence-electron chi connectivity index (χ4n) is 5.44. The molecule has 2 heterocycles. The summed E-state index contributed by atoms with van der Waals surface area (Å²) in [6.07, 6.45) is 2.27. The number of anilines is 1. The van der Waals surface area contributed by atoms with Crippen LogP contribution in [0.2, 0.25) is 5.02 Å². The van der Waals surface area contributed by atoms with Crippen LogP contribution < -0.4 is 16.4 Å². The fraction of sp³-hybridized carbons (Fsp3) is 0.452. The molecule has 2 aromatic carbocycles. The Morgan fingerprint density at radius 2 is 1.70 bits per heavy atom. The Morgan fingerprint density at radius 1 is 1.00 bits per heavy atom. The molecule has 43 heavy (non-hydrogen) atoms. The summed E-state index contributed by atoms with van der Waals surface area (Å²) >= 11 is 6.10. The van der Waals surface area contributed by atoms with Crippen molar-refractivity contribution < 1.29 is 28.7 Å². The third-order valence-electron chi connectivity index (χ3n) is 7.84. The Hall–Kier alpha value is -4.12. The zero-order valence-electron chi connectivity index (χ0n) is 24.3. The number of carbonyl (C=O) groups is 5. The molecule has 1 fully saturated rings. The monoisotopic (exact) mass is 611 g/mol. The van der Waals surface area contributed by atoms with Crippen molar-refractivity contribution in [1.29, 1.82) is 0 Å². The van der Waals surface area contributed by atoms with Crippen molar-refractivity contribution >= 4 is 47.0 Å². The second-order valence-corrected chi connectivity index (χ2v) is 11.3. The molecule has 0 bridgehead atoms. The van der Waals surface area contributed by atoms with Crippen molar-refractivity contribution in [3.8, 4) is 0 Å². The third kappa shape index (κ3) is 8.70. The van der Waals surface area contributed by atoms with Gasteiger partial charge in [0.25, 0.3) is 0 Å². The topological polar surface area (TPSA) is 151 Å². The Kier molecular flexibility index (Phi) is 11.0. The molecule has 2 aliphatic rings. The van der Waals surface area contributed by atoms with E-state index in [1.54, 1.807) is 30.0 Å². The van der Waals surface area contributed by atoms with E-state index in [9.17, 15) is 24.0 Å². The van der Waals surface area contributed by atoms with E-state index in [0.717, 1.165) is 36.0 Å². The number of likely N-dealkylation sites (tertiary alicyclic amines) is 1. The second-order valence-electron chi connectivity index (χ2n) is 10.9. The highest BCUT2D eigenvalue weighted by atomic mass is 35.5. The lowest BCUT2D eigenvalue weighted by molar-refractivity contribution is -0.144. The molecule has 2 aliphatic heterocycles. The van der Waals surface area contributed by atoms with Gasteiger partial charge in [-0.05, 0) is 61.1 Å². The molecular weight excluding hydrogens is 574 g/mol. The molecule has 2 atom stereocenters. The van der Waals surface area contributed by atoms with E-state index in [1.807, 2.05) is 24.3 Å². The van der Waals surface area contributed by atoms with Crippen LogP contribution in [0.5, 0.6) is 0 Å². The van der Waals surface area contributed by atoms with Crippen LogP contribution >= 0.6 is 11.6 Å². The van der Waals surface area contributed by atoms with Gasteiger partial charge in [0.15, 0.2) is 0 Å². The van der Waals surface area contributed by atoms with E-state index in [2.05, 4.69) is 10.6 Å². The maximum absolute atomic E-state index is 13.8. The van der Waals surface area contributed by atoms with Gasteiger partial charge in [-0.15, -0.1) is 0 Å². The number of hydrogen-bond acceptors (Lipinski definition) is 6. The van der Waals surface area contributed by atoms with Crippen molar-refractivity contribution in [3.05, 3.63) is 64.2 Å². The first-order valence-corrected chi connectivity index (χ1v) is 14.9. The molecule has 4 rings (SSSR count). The predicted octanol–water partition coefficient (Wildman–Crippen LogP) is 3.30. The van der Waals surface area contributed by atoms with Crippen LogP contribution in [0.3, 0.4) is 0 Å². The van der Waals surface area contributed by atoms with Crippen LogP contribution in [-0.4, -0.2) is 71.3 Å². The summed E-state index contributed by atoms with van der Waals surface area (Å²) in [7, 11) is 0. The van der Waals surface area contributed by atoms with Gasteiger partial charge in [0.2, 0.25) is 23.6 Å². The highest BCUT2D eigenvalue weighted by Gasteiger charge is 2.36. The smallest absolute Gasteiger partial charge is 0.404 e. The average Bonchev–Trinajstić information content (AvgIpc) is 3.00. The maximum atomic E-state index is 13.8. The molecule has 5 amide bonds. The summed E-state index contributed by atoms with van der Waals surface area (Å²) in [4.78, 5) is 67.7. The minimum absolute atomic E-state index is 0.0203. The van der Waals surface area contributed by atoms with Gasteiger partial charge < -0.3 is 30.9 Å². The highest BCUT2D eigenvalue weighted by Crippen LogP contribution is 2.25. The fourth-order valence-corrected chi connectivity index (χ4v) is 5.56. The average molecular weight is 612 g/mol. The molecule has 4 N–H and O–H groups in total. The number of nitrogens with zero attached hydrogens (tertiary/aromatic N) is 2. The Labute approximate surface area is 256 Å². The number of piperidine rings is 1. The number of benzene rings is 2. The zero-order valence-corrected chi connectivity index (χ0v) is 25.0. The van der Waals surface area contributed by atoms with Crippen LogP contribution in [0.1, 0.15) is 55.2 Å². The number of nitrogens with two attached hydrogens (primary N) is 1. The number of hydrogen-bond donors (Lipinski definition) is 3. The lowest BCUT2D eigenvalue weighted by Crippen LogP contribution is -2.56. The highest BCUT2D eigenvalue weighted by molar-refractivity contribution is 6.31. The summed E-state index contributed by atoms with van der Waals surface area (Å²) in [5, 5.41) is 6.06. The van der Waals surface area contributed by atoms with Crippen molar-refractivity contribution in [1.82, 2.24) is 15.1 Å². The van der Waals surface area contributed by atoms with Gasteiger partial charge in [-0.2, -0.15) is 0 Å². The molecule has 230 valence electrons. The normalized spacial score (nSPS) is 16.9. The summed E-state index contributed by atoms with van der Waals surface area (Å²) in [6, 6.07) is 10.5. The number of aryl methyl sites for hydroxylation is 1. The molecule has 12 heteroatoms. The number of rotatable bonds is 10. The summed E-state index contributed by atoms with van der Waals surface area (Å²) < 4.78 is 4.83. The standard InChI is InChI=1S/C31H38ClN5O6/c1-20-17-23(9-10-24(20)32)34-29(40)25(13-16-43-31(33)42)35-30(41)26-18-21-7-3-4-8-22(21)19-37(26)28(39)12-11-27(38)36-14-5-2-6-15-36/h3-4,7-10,17,25-26H,2,5-6,11-16,18-19H2,1H3,(H2,33,42)(H,34,40)(H,35,41)/t25?,26-/m0/s1. The van der Waals surface area contributed by atoms with Gasteiger partial charge in [0.05, 0.1) is 6.61 Å². The molecule has 0 aliphatic carbocycles. The number of amides is 5. The molecular formula is C31H38ClN5O6. The zero-order chi connectivity index (χ0) is 30.9. The molecule has 0 aromatic heterocycles. The van der Waals surface area contributed by atoms with E-state index in [4.69, 9.17) is 22.1 Å². The number of nitrogens with one attached hydrogen (secondary N) is 2. The summed E-state index contributed by atoms with van der Waals surface area (Å²) in [5.41, 5.74) is 8.16. The van der Waals surface area contributed by atoms with Crippen LogP contribution in [0.25, 0.3) is 0 Å². The number of halogens is 1. The maximum Gasteiger partial charge on any atom is 0.404 e. The summed E-state index contributed by atoms with van der Waals surface area (Å²) in [6.45, 7) is 3.20. The molecule has 11 nitrogen and oxygen atoms in total. The van der Waals surface area contributed by atoms with Crippen molar-refractivity contribution in [3.63, 3.8) is 0 Å². The molecule has 2 aromatic rings. The van der Waals surface area contributed by atoms with E-state index in [0.29, 0.717) is 23.8 Å². The van der Waals surface area contributed by atoms with Crippen LogP contribution in [-0.2, 0) is 36.9 Å². The predicted molar refractivity (Wildman–Crippen MR) is 161 cm³/mol. The van der Waals surface area contributed by atoms with Gasteiger partial charge >= 0.3 is 6.09 Å². The van der Waals surface area contributed by atoms with Gasteiger partial charge in [0, 0.05) is 56.0 Å². The number of fused-ring (bicyclic) bond motifs is 1. The molecule has 0 spiro atoms. The number of ether oxygens (including phenoxy) is 1. The van der Waals surface area contributed by atoms with Crippen molar-refractivity contribution in [2.45, 2.75) is 70.5 Å². The molecule has 0 radical (unpaired) electrons. The lowest BCUT2D eigenvalue weighted by Gasteiger charge is -2.37. The largest absolute Gasteiger partial charge is 0.450 e. The third-order valence-corrected chi connectivity index (χ3v) is 8.27. The van der Waals surface area contributed by atoms with E-state index in [-0.39, 0.29) is 50.6 Å². The van der Waals surface area contributed by atoms with Gasteiger partial charge in [-0.3, -0.25) is 19.2 Å². The van der Waals surface area contributed by atoms with Gasteiger partial charge in [0.1, 0.15) is 12.1 Å². The second kappa shape index (κ2) is 14.9. The first kappa shape index (κ1) is 31.8. The Balaban J connectivity index is 1.49. The lowest BCUT2D eigenvalue weighted by atomic mass is 9.92. The van der Waals surface area contributed by atoms with Crippen molar-refractivity contribution in [2.75, 3.05) is 25.0 Å². The van der Waals surface area contributed by atoms with Crippen LogP contribution in [0, 0.1) is 6.92 Å². The summed E-state index contributed by atoms with van der Waals surface area (Å²) in [5.74, 6) is -1.44. The minimum Gasteiger partial charge on any atom is -0.450 e. The first-order chi connectivity index (χ1) is 20.6. The van der Waals surface area contributed by atoms with Crippen LogP contribution in [0.15, 0.2) is 42.5 Å². The Morgan fingerprint density at radius 3 is 2.40 bits per heavy atom. The number of carbonyl (C=O) groups excluding carboxylic acids is 5. The Bertz CT molecular complexity index is 1360. The quantitative estimate of drug-likeness (QED) is 0.375. The van der Waals surface area contributed by atoms with Gasteiger partial charge in [-0.25, -0.2) is 4.79 Å². The minimum atomic E-state index is -1.10. The van der Waals surface area contributed by atoms with Gasteiger partial charge in [-0.1, -0.05) is 35.9 Å². The first-order valence-electron chi connectivity index (χ1n) is 14.6. The molecule has 1 unspecified atom stereocenters. The van der Waals surface area contributed by atoms with Crippen LogP contribution in [0.4, 0.5) is 10.5 Å². The number of primary amides is 1. The van der Waals surface area contributed by atoms with E-state index >= 15 is 0 Å². The SMILES string of the molecule is Cc1cc(NC(=O)C(CCOC(N)=O)NC(=O)[C@@H]2Cc3ccccc3CN2C(=O)CCC(=O)N2CCCCC2)ccc1Cl.